The molecule has 0 aliphatic heterocycles. The van der Waals surface area contributed by atoms with Gasteiger partial charge in [0, 0.05) is 5.38 Å². The summed E-state index contributed by atoms with van der Waals surface area (Å²) < 4.78 is 5.45. The zero-order chi connectivity index (χ0) is 17.3. The first-order chi connectivity index (χ1) is 12.2. The van der Waals surface area contributed by atoms with Crippen LogP contribution >= 0.6 is 11.3 Å². The lowest BCUT2D eigenvalue weighted by Crippen LogP contribution is -2.34. The zero-order valence-electron chi connectivity index (χ0n) is 13.6. The first-order valence-corrected chi connectivity index (χ1v) is 9.16. The van der Waals surface area contributed by atoms with Crippen molar-refractivity contribution in [3.63, 3.8) is 0 Å². The number of para-hydroxylation sites is 1. The number of carbonyl (C=O) groups excluding carboxylic acids is 1. The van der Waals surface area contributed by atoms with E-state index in [4.69, 9.17) is 10.3 Å². The lowest BCUT2D eigenvalue weighted by molar-refractivity contribution is 0.102. The van der Waals surface area contributed by atoms with Gasteiger partial charge in [-0.15, -0.1) is 0 Å². The number of thiophene rings is 1. The lowest BCUT2D eigenvalue weighted by Gasteiger charge is -2.17. The van der Waals surface area contributed by atoms with Crippen molar-refractivity contribution in [1.82, 2.24) is 10.1 Å². The van der Waals surface area contributed by atoms with Gasteiger partial charge in [-0.3, -0.25) is 4.79 Å². The highest BCUT2D eigenvalue weighted by molar-refractivity contribution is 7.08. The number of carbonyl (C=O) groups is 1. The molecule has 7 heteroatoms. The summed E-state index contributed by atoms with van der Waals surface area (Å²) in [5.41, 5.74) is 7.84. The van der Waals surface area contributed by atoms with Crippen LogP contribution in [0.2, 0.25) is 0 Å². The number of rotatable bonds is 4. The van der Waals surface area contributed by atoms with Crippen LogP contribution in [0.5, 0.6) is 0 Å². The van der Waals surface area contributed by atoms with Crippen molar-refractivity contribution < 1.29 is 9.32 Å². The molecular weight excluding hydrogens is 336 g/mol. The van der Waals surface area contributed by atoms with Gasteiger partial charge in [0.1, 0.15) is 0 Å². The Balaban J connectivity index is 1.63. The van der Waals surface area contributed by atoms with E-state index in [2.05, 4.69) is 15.5 Å². The van der Waals surface area contributed by atoms with Gasteiger partial charge in [-0.2, -0.15) is 16.3 Å². The highest BCUT2D eigenvalue weighted by Crippen LogP contribution is 2.36. The van der Waals surface area contributed by atoms with Gasteiger partial charge >= 0.3 is 0 Å². The van der Waals surface area contributed by atoms with Crippen LogP contribution in [0.1, 0.15) is 41.9 Å². The molecule has 0 atom stereocenters. The van der Waals surface area contributed by atoms with E-state index in [1.54, 1.807) is 11.4 Å². The van der Waals surface area contributed by atoms with Crippen LogP contribution in [-0.4, -0.2) is 16.0 Å². The van der Waals surface area contributed by atoms with Crippen LogP contribution in [0.15, 0.2) is 45.6 Å². The number of hydrogen-bond acceptors (Lipinski definition) is 6. The van der Waals surface area contributed by atoms with Gasteiger partial charge in [-0.05, 0) is 36.4 Å². The monoisotopic (exact) mass is 354 g/mol. The molecular formula is C18H18N4O2S. The number of hydrogen-bond donors (Lipinski definition) is 2. The van der Waals surface area contributed by atoms with Crippen LogP contribution in [-0.2, 0) is 5.54 Å². The van der Waals surface area contributed by atoms with Crippen molar-refractivity contribution in [2.45, 2.75) is 31.2 Å². The number of nitrogens with two attached hydrogens (primary N) is 1. The van der Waals surface area contributed by atoms with E-state index in [1.165, 1.54) is 11.3 Å². The third-order valence-corrected chi connectivity index (χ3v) is 5.24. The molecule has 2 aromatic heterocycles. The summed E-state index contributed by atoms with van der Waals surface area (Å²) in [5.74, 6) is 0.742. The second-order valence-electron chi connectivity index (χ2n) is 6.30. The summed E-state index contributed by atoms with van der Waals surface area (Å²) in [6.45, 7) is 0. The molecule has 1 amide bonds. The summed E-state index contributed by atoms with van der Waals surface area (Å²) in [6.07, 6.45) is 3.88. The summed E-state index contributed by atoms with van der Waals surface area (Å²) in [5, 5.41) is 10.7. The van der Waals surface area contributed by atoms with E-state index in [-0.39, 0.29) is 5.91 Å². The third-order valence-electron chi connectivity index (χ3n) is 4.56. The van der Waals surface area contributed by atoms with Gasteiger partial charge in [-0.25, -0.2) is 0 Å². The van der Waals surface area contributed by atoms with Crippen molar-refractivity contribution >= 4 is 22.9 Å². The van der Waals surface area contributed by atoms with Gasteiger partial charge in [-0.1, -0.05) is 30.1 Å². The normalized spacial score (nSPS) is 16.0. The number of anilines is 1. The second kappa shape index (κ2) is 6.42. The smallest absolute Gasteiger partial charge is 0.260 e. The average molecular weight is 354 g/mol. The molecule has 1 aliphatic rings. The maximum Gasteiger partial charge on any atom is 0.260 e. The van der Waals surface area contributed by atoms with Crippen molar-refractivity contribution in [2.24, 2.45) is 5.73 Å². The molecule has 0 unspecified atom stereocenters. The molecule has 1 fully saturated rings. The number of nitrogens with zero attached hydrogens (tertiary/aromatic N) is 2. The maximum absolute atomic E-state index is 12.3. The molecule has 1 saturated carbocycles. The number of amides is 1. The summed E-state index contributed by atoms with van der Waals surface area (Å²) in [6, 6.07) is 9.17. The second-order valence-corrected chi connectivity index (χ2v) is 7.08. The molecule has 3 N–H and O–H groups in total. The number of aromatic nitrogens is 2. The van der Waals surface area contributed by atoms with Crippen molar-refractivity contribution in [3.05, 3.63) is 52.5 Å². The fourth-order valence-electron chi connectivity index (χ4n) is 3.13. The van der Waals surface area contributed by atoms with Crippen LogP contribution in [0, 0.1) is 0 Å². The Hall–Kier alpha value is -2.51. The van der Waals surface area contributed by atoms with Gasteiger partial charge in [0.05, 0.1) is 22.4 Å². The van der Waals surface area contributed by atoms with E-state index >= 15 is 0 Å². The predicted molar refractivity (Wildman–Crippen MR) is 96.3 cm³/mol. The minimum atomic E-state index is -0.503. The molecule has 2 heterocycles. The predicted octanol–water partition coefficient (Wildman–Crippen LogP) is 3.78. The molecule has 1 aliphatic carbocycles. The molecule has 3 aromatic rings. The molecule has 1 aromatic carbocycles. The average Bonchev–Trinajstić information content (AvgIpc) is 3.37. The van der Waals surface area contributed by atoms with Gasteiger partial charge in [0.2, 0.25) is 0 Å². The Kier molecular flexibility index (Phi) is 4.10. The minimum absolute atomic E-state index is 0.167. The quantitative estimate of drug-likeness (QED) is 0.743. The fourth-order valence-corrected chi connectivity index (χ4v) is 3.77. The van der Waals surface area contributed by atoms with Crippen molar-refractivity contribution in [2.75, 3.05) is 5.32 Å². The van der Waals surface area contributed by atoms with E-state index in [9.17, 15) is 4.79 Å². The molecule has 128 valence electrons. The summed E-state index contributed by atoms with van der Waals surface area (Å²) in [7, 11) is 0. The molecule has 0 saturated heterocycles. The van der Waals surface area contributed by atoms with Gasteiger partial charge < -0.3 is 15.6 Å². The van der Waals surface area contributed by atoms with Crippen LogP contribution < -0.4 is 11.1 Å². The van der Waals surface area contributed by atoms with Crippen molar-refractivity contribution in [1.29, 1.82) is 0 Å². The Bertz CT molecular complexity index is 882. The Morgan fingerprint density at radius 1 is 1.24 bits per heavy atom. The first-order valence-electron chi connectivity index (χ1n) is 8.22. The maximum atomic E-state index is 12.3. The lowest BCUT2D eigenvalue weighted by atomic mass is 9.98. The minimum Gasteiger partial charge on any atom is -0.334 e. The van der Waals surface area contributed by atoms with Gasteiger partial charge in [0.25, 0.3) is 11.8 Å². The zero-order valence-corrected chi connectivity index (χ0v) is 14.4. The standard InChI is InChI=1S/C18H18N4O2S/c19-18(8-3-4-9-18)17-21-16(24-22-17)13-5-1-2-6-14(13)20-15(23)12-7-10-25-11-12/h1-2,5-7,10-11H,3-4,8-9,19H2,(H,20,23). The fraction of sp³-hybridized carbons (Fsp3) is 0.278. The molecule has 25 heavy (non-hydrogen) atoms. The molecule has 6 nitrogen and oxygen atoms in total. The highest BCUT2D eigenvalue weighted by Gasteiger charge is 2.36. The highest BCUT2D eigenvalue weighted by atomic mass is 32.1. The Morgan fingerprint density at radius 2 is 2.04 bits per heavy atom. The Labute approximate surface area is 149 Å². The Morgan fingerprint density at radius 3 is 2.80 bits per heavy atom. The van der Waals surface area contributed by atoms with Crippen LogP contribution in [0.3, 0.4) is 0 Å². The number of benzene rings is 1. The topological polar surface area (TPSA) is 94.0 Å². The summed E-state index contributed by atoms with van der Waals surface area (Å²) >= 11 is 1.48. The molecule has 0 spiro atoms. The first kappa shape index (κ1) is 16.0. The van der Waals surface area contributed by atoms with Crippen LogP contribution in [0.25, 0.3) is 11.5 Å². The molecule has 0 radical (unpaired) electrons. The SMILES string of the molecule is NC1(c2noc(-c3ccccc3NC(=O)c3ccsc3)n2)CCCC1. The van der Waals surface area contributed by atoms with E-state index in [1.807, 2.05) is 29.6 Å². The summed E-state index contributed by atoms with van der Waals surface area (Å²) in [4.78, 5) is 16.8. The number of nitrogens with one attached hydrogen (secondary N) is 1. The largest absolute Gasteiger partial charge is 0.334 e. The third kappa shape index (κ3) is 3.08. The van der Waals surface area contributed by atoms with E-state index in [0.29, 0.717) is 28.5 Å². The molecule has 0 bridgehead atoms. The van der Waals surface area contributed by atoms with E-state index in [0.717, 1.165) is 25.7 Å². The molecule has 4 rings (SSSR count). The van der Waals surface area contributed by atoms with Gasteiger partial charge in [0.15, 0.2) is 5.82 Å². The van der Waals surface area contributed by atoms with Crippen molar-refractivity contribution in [3.8, 4) is 11.5 Å². The van der Waals surface area contributed by atoms with E-state index < -0.39 is 5.54 Å². The van der Waals surface area contributed by atoms with Crippen LogP contribution in [0.4, 0.5) is 5.69 Å².